The molecule has 0 saturated carbocycles. The van der Waals surface area contributed by atoms with Gasteiger partial charge in [-0.2, -0.15) is 10.2 Å². The normalized spacial score (nSPS) is 11.0. The van der Waals surface area contributed by atoms with Crippen molar-refractivity contribution in [1.82, 2.24) is 29.5 Å². The van der Waals surface area contributed by atoms with E-state index in [1.807, 2.05) is 101 Å². The second kappa shape index (κ2) is 9.54. The lowest BCUT2D eigenvalue weighted by Gasteiger charge is -2.11. The van der Waals surface area contributed by atoms with E-state index in [1.54, 1.807) is 24.8 Å². The quantitative estimate of drug-likeness (QED) is 0.267. The van der Waals surface area contributed by atoms with Crippen molar-refractivity contribution in [2.75, 3.05) is 0 Å². The highest BCUT2D eigenvalue weighted by Crippen LogP contribution is 2.30. The molecule has 4 heterocycles. The van der Waals surface area contributed by atoms with E-state index in [0.29, 0.717) is 0 Å². The maximum Gasteiger partial charge on any atom is 0.129 e. The van der Waals surface area contributed by atoms with Crippen LogP contribution in [0.15, 0.2) is 110 Å². The first kappa shape index (κ1) is 22.4. The monoisotopic (exact) mass is 484 g/mol. The second-order valence-electron chi connectivity index (χ2n) is 8.70. The summed E-state index contributed by atoms with van der Waals surface area (Å²) in [6.07, 6.45) is 11.0. The third kappa shape index (κ3) is 4.50. The Morgan fingerprint density at radius 1 is 0.676 bits per heavy atom. The van der Waals surface area contributed by atoms with E-state index in [-0.39, 0.29) is 0 Å². The molecule has 6 rings (SSSR count). The van der Waals surface area contributed by atoms with Gasteiger partial charge >= 0.3 is 0 Å². The van der Waals surface area contributed by atoms with Crippen molar-refractivity contribution in [3.63, 3.8) is 0 Å². The Bertz CT molecular complexity index is 1670. The van der Waals surface area contributed by atoms with Crippen LogP contribution in [0.3, 0.4) is 0 Å². The molecule has 180 valence electrons. The molecule has 7 heteroatoms. The van der Waals surface area contributed by atoms with E-state index in [1.165, 1.54) is 0 Å². The molecule has 0 bridgehead atoms. The van der Waals surface area contributed by atoms with Gasteiger partial charge in [-0.05, 0) is 73.5 Å². The van der Waals surface area contributed by atoms with Crippen molar-refractivity contribution in [1.29, 1.82) is 0 Å². The number of aromatic nitrogens is 6. The first-order chi connectivity index (χ1) is 18.2. The minimum absolute atomic E-state index is 0.724. The number of rotatable bonds is 6. The van der Waals surface area contributed by atoms with Gasteiger partial charge in [-0.1, -0.05) is 12.1 Å². The van der Waals surface area contributed by atoms with E-state index in [9.17, 15) is 0 Å². The van der Waals surface area contributed by atoms with Gasteiger partial charge in [0.05, 0.1) is 23.3 Å². The predicted molar refractivity (Wildman–Crippen MR) is 143 cm³/mol. The van der Waals surface area contributed by atoms with Crippen LogP contribution < -0.4 is 4.74 Å². The zero-order valence-corrected chi connectivity index (χ0v) is 20.5. The van der Waals surface area contributed by atoms with Crippen molar-refractivity contribution < 1.29 is 4.74 Å². The van der Waals surface area contributed by atoms with Crippen molar-refractivity contribution in [2.45, 2.75) is 13.8 Å². The molecule has 4 aromatic heterocycles. The number of hydrogen-bond donors (Lipinski definition) is 0. The maximum atomic E-state index is 6.26. The Morgan fingerprint density at radius 2 is 1.30 bits per heavy atom. The maximum absolute atomic E-state index is 6.26. The van der Waals surface area contributed by atoms with Gasteiger partial charge in [-0.3, -0.25) is 9.97 Å². The van der Waals surface area contributed by atoms with E-state index < -0.39 is 0 Å². The Kier molecular flexibility index (Phi) is 5.78. The molecular formula is C30H24N6O. The molecule has 0 atom stereocenters. The highest BCUT2D eigenvalue weighted by Gasteiger charge is 2.15. The Labute approximate surface area is 214 Å². The van der Waals surface area contributed by atoms with E-state index in [2.05, 4.69) is 22.0 Å². The van der Waals surface area contributed by atoms with Crippen LogP contribution in [0.4, 0.5) is 0 Å². The molecule has 37 heavy (non-hydrogen) atoms. The molecule has 2 aromatic carbocycles. The van der Waals surface area contributed by atoms with Crippen LogP contribution in [-0.2, 0) is 0 Å². The van der Waals surface area contributed by atoms with Gasteiger partial charge in [-0.25, -0.2) is 9.36 Å². The van der Waals surface area contributed by atoms with Gasteiger partial charge in [-0.15, -0.1) is 0 Å². The summed E-state index contributed by atoms with van der Waals surface area (Å²) in [6.45, 7) is 4.11. The van der Waals surface area contributed by atoms with E-state index in [4.69, 9.17) is 9.84 Å². The molecule has 7 nitrogen and oxygen atoms in total. The summed E-state index contributed by atoms with van der Waals surface area (Å²) in [6, 6.07) is 23.8. The zero-order chi connectivity index (χ0) is 25.2. The van der Waals surface area contributed by atoms with E-state index in [0.717, 1.165) is 56.5 Å². The molecule has 6 aromatic rings. The largest absolute Gasteiger partial charge is 0.457 e. The first-order valence-corrected chi connectivity index (χ1v) is 12.0. The lowest BCUT2D eigenvalue weighted by atomic mass is 10.1. The van der Waals surface area contributed by atoms with Crippen LogP contribution in [0, 0.1) is 13.8 Å². The van der Waals surface area contributed by atoms with Crippen LogP contribution in [0.5, 0.6) is 11.5 Å². The van der Waals surface area contributed by atoms with Crippen molar-refractivity contribution in [3.05, 3.63) is 121 Å². The van der Waals surface area contributed by atoms with Crippen molar-refractivity contribution in [2.24, 2.45) is 0 Å². The molecule has 0 amide bonds. The van der Waals surface area contributed by atoms with Crippen LogP contribution in [0.1, 0.15) is 11.4 Å². The summed E-state index contributed by atoms with van der Waals surface area (Å²) in [7, 11) is 0. The number of pyridine rings is 2. The van der Waals surface area contributed by atoms with Crippen LogP contribution in [0.25, 0.3) is 33.6 Å². The summed E-state index contributed by atoms with van der Waals surface area (Å²) >= 11 is 0. The molecule has 0 aliphatic carbocycles. The highest BCUT2D eigenvalue weighted by molar-refractivity contribution is 5.69. The summed E-state index contributed by atoms with van der Waals surface area (Å²) in [5.41, 5.74) is 8.19. The zero-order valence-electron chi connectivity index (χ0n) is 20.5. The van der Waals surface area contributed by atoms with Gasteiger partial charge in [0, 0.05) is 59.9 Å². The van der Waals surface area contributed by atoms with Gasteiger partial charge in [0.15, 0.2) is 0 Å². The fourth-order valence-corrected chi connectivity index (χ4v) is 4.49. The van der Waals surface area contributed by atoms with Crippen LogP contribution >= 0.6 is 0 Å². The molecule has 0 fully saturated rings. The molecule has 0 unspecified atom stereocenters. The third-order valence-electron chi connectivity index (χ3n) is 6.24. The van der Waals surface area contributed by atoms with Gasteiger partial charge in [0.1, 0.15) is 11.5 Å². The number of nitrogens with zero attached hydrogens (tertiary/aromatic N) is 6. The third-order valence-corrected chi connectivity index (χ3v) is 6.24. The Morgan fingerprint density at radius 3 is 2.00 bits per heavy atom. The van der Waals surface area contributed by atoms with Gasteiger partial charge in [0.2, 0.25) is 0 Å². The lowest BCUT2D eigenvalue weighted by molar-refractivity contribution is 0.481. The topological polar surface area (TPSA) is 70.7 Å². The Hall–Kier alpha value is -5.04. The van der Waals surface area contributed by atoms with Crippen LogP contribution in [0.2, 0.25) is 0 Å². The fourth-order valence-electron chi connectivity index (χ4n) is 4.49. The van der Waals surface area contributed by atoms with Crippen LogP contribution in [-0.4, -0.2) is 29.5 Å². The fraction of sp³-hybridized carbons (Fsp3) is 0.0667. The van der Waals surface area contributed by atoms with Crippen molar-refractivity contribution in [3.8, 4) is 45.1 Å². The summed E-state index contributed by atoms with van der Waals surface area (Å²) in [5.74, 6) is 1.45. The summed E-state index contributed by atoms with van der Waals surface area (Å²) in [5, 5.41) is 9.35. The minimum atomic E-state index is 0.724. The first-order valence-electron chi connectivity index (χ1n) is 12.0. The molecular weight excluding hydrogens is 460 g/mol. The summed E-state index contributed by atoms with van der Waals surface area (Å²) < 4.78 is 10.1. The minimum Gasteiger partial charge on any atom is -0.457 e. The number of ether oxygens (including phenoxy) is 1. The second-order valence-corrected chi connectivity index (χ2v) is 8.70. The van der Waals surface area contributed by atoms with E-state index >= 15 is 0 Å². The van der Waals surface area contributed by atoms with Gasteiger partial charge in [0.25, 0.3) is 0 Å². The highest BCUT2D eigenvalue weighted by atomic mass is 16.5. The molecule has 0 radical (unpaired) electrons. The number of benzene rings is 2. The number of hydrogen-bond acceptors (Lipinski definition) is 5. The average Bonchev–Trinajstić information content (AvgIpc) is 3.55. The SMILES string of the molecule is Cc1nn(-c2cccc(Oc3cccc(-n4cc(-c5ccncc5)cn4)c3)c2)c(C)c1-c1ccncc1. The molecule has 0 N–H and O–H groups in total. The number of aryl methyl sites for hydroxylation is 1. The summed E-state index contributed by atoms with van der Waals surface area (Å²) in [4.78, 5) is 8.22. The van der Waals surface area contributed by atoms with Gasteiger partial charge < -0.3 is 4.74 Å². The Balaban J connectivity index is 1.27. The molecule has 0 spiro atoms. The van der Waals surface area contributed by atoms with Crippen molar-refractivity contribution >= 4 is 0 Å². The average molecular weight is 485 g/mol. The molecule has 0 aliphatic rings. The molecule has 0 aliphatic heterocycles. The standard InChI is InChI=1S/C30H24N6O/c1-21-30(24-11-15-32-16-12-24)22(2)36(34-21)27-6-4-8-29(18-27)37-28-7-3-5-26(17-28)35-20-25(19-33-35)23-9-13-31-14-10-23/h3-20H,1-2H3. The lowest BCUT2D eigenvalue weighted by Crippen LogP contribution is -1.99. The molecule has 0 saturated heterocycles. The predicted octanol–water partition coefficient (Wildman–Crippen LogP) is 6.59. The smallest absolute Gasteiger partial charge is 0.129 e.